The van der Waals surface area contributed by atoms with Crippen LogP contribution in [0.5, 0.6) is 0 Å². The molecular formula is C26H27ClN6O2. The lowest BCUT2D eigenvalue weighted by molar-refractivity contribution is 0.0395. The van der Waals surface area contributed by atoms with Crippen LogP contribution in [0.25, 0.3) is 17.0 Å². The maximum atomic E-state index is 13.5. The van der Waals surface area contributed by atoms with Crippen molar-refractivity contribution in [2.75, 3.05) is 13.1 Å². The predicted molar refractivity (Wildman–Crippen MR) is 132 cm³/mol. The molecule has 0 aliphatic carbocycles. The van der Waals surface area contributed by atoms with E-state index in [2.05, 4.69) is 24.2 Å². The zero-order chi connectivity index (χ0) is 24.1. The van der Waals surface area contributed by atoms with Crippen molar-refractivity contribution in [1.82, 2.24) is 29.2 Å². The van der Waals surface area contributed by atoms with Gasteiger partial charge in [-0.2, -0.15) is 0 Å². The third kappa shape index (κ3) is 3.90. The van der Waals surface area contributed by atoms with Gasteiger partial charge in [-0.15, -0.1) is 0 Å². The fourth-order valence-corrected chi connectivity index (χ4v) is 5.66. The van der Waals surface area contributed by atoms with Crippen molar-refractivity contribution in [2.45, 2.75) is 51.2 Å². The number of nitrogens with zero attached hydrogens (tertiary/aromatic N) is 6. The highest BCUT2D eigenvalue weighted by atomic mass is 35.5. The number of benzene rings is 1. The van der Waals surface area contributed by atoms with Crippen molar-refractivity contribution in [3.05, 3.63) is 71.3 Å². The summed E-state index contributed by atoms with van der Waals surface area (Å²) in [6, 6.07) is 10.0. The summed E-state index contributed by atoms with van der Waals surface area (Å²) < 4.78 is 7.59. The van der Waals surface area contributed by atoms with Gasteiger partial charge < -0.3 is 9.32 Å². The van der Waals surface area contributed by atoms with E-state index in [4.69, 9.17) is 21.0 Å². The molecule has 9 heteroatoms. The minimum absolute atomic E-state index is 0.00421. The fraction of sp³-hybridized carbons (Fsp3) is 0.385. The Morgan fingerprint density at radius 2 is 1.89 bits per heavy atom. The van der Waals surface area contributed by atoms with Gasteiger partial charge in [0, 0.05) is 60.6 Å². The summed E-state index contributed by atoms with van der Waals surface area (Å²) in [5, 5.41) is 0.697. The van der Waals surface area contributed by atoms with Gasteiger partial charge in [-0.1, -0.05) is 37.6 Å². The Hall–Kier alpha value is -3.23. The molecule has 2 aliphatic heterocycles. The van der Waals surface area contributed by atoms with Gasteiger partial charge in [-0.3, -0.25) is 14.1 Å². The Morgan fingerprint density at radius 3 is 2.60 bits per heavy atom. The molecule has 0 saturated carbocycles. The van der Waals surface area contributed by atoms with E-state index in [1.807, 2.05) is 50.4 Å². The first-order chi connectivity index (χ1) is 17.0. The number of amides is 1. The minimum atomic E-state index is -0.00421. The van der Waals surface area contributed by atoms with E-state index in [1.165, 1.54) is 6.39 Å². The number of imidazole rings is 1. The number of rotatable bonds is 5. The summed E-state index contributed by atoms with van der Waals surface area (Å²) in [6.07, 6.45) is 7.16. The molecule has 0 N–H and O–H groups in total. The molecule has 2 unspecified atom stereocenters. The molecular weight excluding hydrogens is 464 g/mol. The third-order valence-corrected chi connectivity index (χ3v) is 7.36. The first-order valence-electron chi connectivity index (χ1n) is 12.1. The standard InChI is InChI=1S/C26H27ClN6O2/c1-16(2)24-23(29-15-35-24)25(34)33-19-8-9-20(33)13-31(12-19)14-21-22(17-4-6-18(27)7-5-17)30-26-28-10-3-11-32(21)26/h3-7,10-11,15-16,19-20H,8-9,12-14H2,1-2H3. The van der Waals surface area contributed by atoms with Crippen LogP contribution in [0.2, 0.25) is 5.02 Å². The second kappa shape index (κ2) is 8.77. The molecule has 1 aromatic carbocycles. The van der Waals surface area contributed by atoms with Crippen molar-refractivity contribution in [3.8, 4) is 11.3 Å². The summed E-state index contributed by atoms with van der Waals surface area (Å²) in [5.74, 6) is 1.46. The van der Waals surface area contributed by atoms with E-state index >= 15 is 0 Å². The Balaban J connectivity index is 1.27. The summed E-state index contributed by atoms with van der Waals surface area (Å²) >= 11 is 6.13. The average Bonchev–Trinajstić information content (AvgIpc) is 3.55. The minimum Gasteiger partial charge on any atom is -0.447 e. The van der Waals surface area contributed by atoms with Crippen molar-refractivity contribution in [3.63, 3.8) is 0 Å². The summed E-state index contributed by atoms with van der Waals surface area (Å²) in [6.45, 7) is 6.38. The van der Waals surface area contributed by atoms with Gasteiger partial charge >= 0.3 is 0 Å². The number of halogens is 1. The lowest BCUT2D eigenvalue weighted by atomic mass is 10.1. The number of hydrogen-bond donors (Lipinski definition) is 0. The quantitative estimate of drug-likeness (QED) is 0.405. The molecule has 1 amide bonds. The zero-order valence-corrected chi connectivity index (χ0v) is 20.5. The first kappa shape index (κ1) is 22.2. The van der Waals surface area contributed by atoms with Gasteiger partial charge in [0.15, 0.2) is 12.1 Å². The Labute approximate surface area is 208 Å². The molecule has 3 aromatic heterocycles. The van der Waals surface area contributed by atoms with E-state index in [9.17, 15) is 4.79 Å². The number of aromatic nitrogens is 4. The second-order valence-electron chi connectivity index (χ2n) is 9.72. The first-order valence-corrected chi connectivity index (χ1v) is 12.4. The smallest absolute Gasteiger partial charge is 0.276 e. The van der Waals surface area contributed by atoms with Crippen LogP contribution in [0.1, 0.15) is 54.5 Å². The SMILES string of the molecule is CC(C)c1ocnc1C(=O)N1C2CCC1CN(Cc1c(-c3ccc(Cl)cc3)nc3ncccn13)C2. The number of likely N-dealkylation sites (tertiary alicyclic amines) is 1. The van der Waals surface area contributed by atoms with Gasteiger partial charge in [0.1, 0.15) is 5.76 Å². The van der Waals surface area contributed by atoms with Crippen LogP contribution in [0, 0.1) is 0 Å². The van der Waals surface area contributed by atoms with Crippen LogP contribution >= 0.6 is 11.6 Å². The van der Waals surface area contributed by atoms with Crippen LogP contribution in [-0.2, 0) is 6.54 Å². The van der Waals surface area contributed by atoms with Crippen LogP contribution in [0.15, 0.2) is 53.5 Å². The van der Waals surface area contributed by atoms with Crippen molar-refractivity contribution in [1.29, 1.82) is 0 Å². The molecule has 35 heavy (non-hydrogen) atoms. The number of fused-ring (bicyclic) bond motifs is 3. The predicted octanol–water partition coefficient (Wildman–Crippen LogP) is 4.65. The zero-order valence-electron chi connectivity index (χ0n) is 19.8. The molecule has 5 heterocycles. The van der Waals surface area contributed by atoms with Crippen LogP contribution in [0.3, 0.4) is 0 Å². The fourth-order valence-electron chi connectivity index (χ4n) is 5.54. The number of oxazole rings is 1. The lowest BCUT2D eigenvalue weighted by Gasteiger charge is -2.41. The van der Waals surface area contributed by atoms with E-state index in [0.717, 1.165) is 49.4 Å². The van der Waals surface area contributed by atoms with Crippen LogP contribution < -0.4 is 0 Å². The van der Waals surface area contributed by atoms with Gasteiger partial charge in [-0.25, -0.2) is 15.0 Å². The van der Waals surface area contributed by atoms with E-state index in [1.54, 1.807) is 6.20 Å². The number of piperazine rings is 1. The molecule has 0 radical (unpaired) electrons. The highest BCUT2D eigenvalue weighted by molar-refractivity contribution is 6.30. The normalized spacial score (nSPS) is 20.3. The van der Waals surface area contributed by atoms with Gasteiger partial charge in [0.2, 0.25) is 5.78 Å². The molecule has 0 spiro atoms. The number of carbonyl (C=O) groups is 1. The Bertz CT molecular complexity index is 1360. The maximum Gasteiger partial charge on any atom is 0.276 e. The molecule has 6 rings (SSSR count). The average molecular weight is 491 g/mol. The van der Waals surface area contributed by atoms with Crippen molar-refractivity contribution >= 4 is 23.3 Å². The van der Waals surface area contributed by atoms with Crippen LogP contribution in [0.4, 0.5) is 0 Å². The number of carbonyl (C=O) groups excluding carboxylic acids is 1. The maximum absolute atomic E-state index is 13.5. The van der Waals surface area contributed by atoms with E-state index in [-0.39, 0.29) is 23.9 Å². The highest BCUT2D eigenvalue weighted by Gasteiger charge is 2.44. The summed E-state index contributed by atoms with van der Waals surface area (Å²) in [4.78, 5) is 31.5. The lowest BCUT2D eigenvalue weighted by Crippen LogP contribution is -2.55. The summed E-state index contributed by atoms with van der Waals surface area (Å²) in [5.41, 5.74) is 3.48. The second-order valence-corrected chi connectivity index (χ2v) is 10.2. The van der Waals surface area contributed by atoms with Gasteiger partial charge in [0.25, 0.3) is 5.91 Å². The molecule has 2 saturated heterocycles. The molecule has 4 aromatic rings. The van der Waals surface area contributed by atoms with Gasteiger partial charge in [0.05, 0.1) is 11.4 Å². The Morgan fingerprint density at radius 1 is 1.14 bits per heavy atom. The van der Waals surface area contributed by atoms with E-state index < -0.39 is 0 Å². The molecule has 8 nitrogen and oxygen atoms in total. The molecule has 2 atom stereocenters. The largest absolute Gasteiger partial charge is 0.447 e. The summed E-state index contributed by atoms with van der Waals surface area (Å²) in [7, 11) is 0. The topological polar surface area (TPSA) is 79.8 Å². The van der Waals surface area contributed by atoms with Crippen molar-refractivity contribution in [2.24, 2.45) is 0 Å². The Kier molecular flexibility index (Phi) is 5.57. The van der Waals surface area contributed by atoms with Gasteiger partial charge in [-0.05, 0) is 31.0 Å². The molecule has 2 aliphatic rings. The molecule has 2 fully saturated rings. The van der Waals surface area contributed by atoms with Crippen molar-refractivity contribution < 1.29 is 9.21 Å². The number of hydrogen-bond acceptors (Lipinski definition) is 6. The monoisotopic (exact) mass is 490 g/mol. The van der Waals surface area contributed by atoms with Crippen LogP contribution in [-0.4, -0.2) is 60.2 Å². The molecule has 180 valence electrons. The van der Waals surface area contributed by atoms with E-state index in [0.29, 0.717) is 22.3 Å². The third-order valence-electron chi connectivity index (χ3n) is 7.11. The highest BCUT2D eigenvalue weighted by Crippen LogP contribution is 2.34. The molecule has 2 bridgehead atoms.